The number of nitrogens with zero attached hydrogens (tertiary/aromatic N) is 1. The summed E-state index contributed by atoms with van der Waals surface area (Å²) in [7, 11) is 0. The van der Waals surface area contributed by atoms with Gasteiger partial charge < -0.3 is 10.6 Å². The number of nitro groups is 1. The average molecular weight is 425 g/mol. The molecule has 0 radical (unpaired) electrons. The molecule has 2 aromatic rings. The van der Waals surface area contributed by atoms with Crippen molar-refractivity contribution < 1.29 is 14.5 Å². The van der Waals surface area contributed by atoms with Gasteiger partial charge in [0.1, 0.15) is 0 Å². The van der Waals surface area contributed by atoms with E-state index in [1.54, 1.807) is 6.07 Å². The average Bonchev–Trinajstić information content (AvgIpc) is 2.50. The number of anilines is 2. The molecule has 0 bridgehead atoms. The number of nitro benzene ring substituents is 1. The molecule has 0 aliphatic carbocycles. The van der Waals surface area contributed by atoms with Crippen molar-refractivity contribution in [2.45, 2.75) is 6.92 Å². The third-order valence-corrected chi connectivity index (χ3v) is 3.65. The maximum Gasteiger partial charge on any atom is 0.314 e. The Kier molecular flexibility index (Phi) is 5.27. The number of carbonyl (C=O) groups is 2. The summed E-state index contributed by atoms with van der Waals surface area (Å²) >= 11 is 2.15. The van der Waals surface area contributed by atoms with Crippen LogP contribution < -0.4 is 10.6 Å². The number of carbonyl (C=O) groups excluding carboxylic acids is 2. The highest BCUT2D eigenvalue weighted by Crippen LogP contribution is 2.18. The molecular formula is C15H12IN3O4. The van der Waals surface area contributed by atoms with Crippen molar-refractivity contribution in [3.63, 3.8) is 0 Å². The number of halogens is 1. The lowest BCUT2D eigenvalue weighted by molar-refractivity contribution is -0.384. The number of non-ortho nitro benzene ring substituents is 1. The quantitative estimate of drug-likeness (QED) is 0.342. The Labute approximate surface area is 145 Å². The van der Waals surface area contributed by atoms with Crippen molar-refractivity contribution in [2.75, 3.05) is 10.6 Å². The molecule has 0 aromatic heterocycles. The molecule has 0 saturated heterocycles. The molecule has 2 amide bonds. The van der Waals surface area contributed by atoms with Crippen LogP contribution in [0, 0.1) is 20.6 Å². The zero-order valence-electron chi connectivity index (χ0n) is 12.0. The zero-order valence-corrected chi connectivity index (χ0v) is 14.2. The molecule has 0 fully saturated rings. The first kappa shape index (κ1) is 16.9. The van der Waals surface area contributed by atoms with Crippen molar-refractivity contribution in [2.24, 2.45) is 0 Å². The second-order valence-electron chi connectivity index (χ2n) is 4.67. The van der Waals surface area contributed by atoms with E-state index >= 15 is 0 Å². The first-order chi connectivity index (χ1) is 10.9. The molecule has 2 aromatic carbocycles. The summed E-state index contributed by atoms with van der Waals surface area (Å²) in [5.74, 6) is -1.66. The standard InChI is InChI=1S/C15H12IN3O4/c1-9-8-10(16)2-7-13(9)18-15(21)14(20)17-11-3-5-12(6-4-11)19(22)23/h2-8H,1H3,(H,17,20)(H,18,21). The molecule has 23 heavy (non-hydrogen) atoms. The summed E-state index contributed by atoms with van der Waals surface area (Å²) in [6.07, 6.45) is 0. The van der Waals surface area contributed by atoms with Gasteiger partial charge in [-0.25, -0.2) is 0 Å². The topological polar surface area (TPSA) is 101 Å². The summed E-state index contributed by atoms with van der Waals surface area (Å²) < 4.78 is 1.02. The summed E-state index contributed by atoms with van der Waals surface area (Å²) in [5, 5.41) is 15.5. The van der Waals surface area contributed by atoms with E-state index < -0.39 is 16.7 Å². The maximum absolute atomic E-state index is 11.9. The van der Waals surface area contributed by atoms with E-state index in [1.165, 1.54) is 24.3 Å². The van der Waals surface area contributed by atoms with E-state index in [0.717, 1.165) is 9.13 Å². The van der Waals surface area contributed by atoms with Gasteiger partial charge in [0.2, 0.25) is 0 Å². The van der Waals surface area contributed by atoms with Crippen LogP contribution in [0.2, 0.25) is 0 Å². The van der Waals surface area contributed by atoms with E-state index in [9.17, 15) is 19.7 Å². The first-order valence-corrected chi connectivity index (χ1v) is 7.57. The molecule has 7 nitrogen and oxygen atoms in total. The van der Waals surface area contributed by atoms with Gasteiger partial charge >= 0.3 is 11.8 Å². The minimum Gasteiger partial charge on any atom is -0.318 e. The fourth-order valence-corrected chi connectivity index (χ4v) is 2.45. The van der Waals surface area contributed by atoms with E-state index in [0.29, 0.717) is 11.4 Å². The van der Waals surface area contributed by atoms with Crippen LogP contribution in [0.4, 0.5) is 17.1 Å². The summed E-state index contributed by atoms with van der Waals surface area (Å²) in [5.41, 5.74) is 1.60. The highest BCUT2D eigenvalue weighted by atomic mass is 127. The Bertz CT molecular complexity index is 775. The number of hydrogen-bond donors (Lipinski definition) is 2. The van der Waals surface area contributed by atoms with Crippen LogP contribution in [0.25, 0.3) is 0 Å². The molecule has 2 rings (SSSR count). The molecule has 0 atom stereocenters. The lowest BCUT2D eigenvalue weighted by Crippen LogP contribution is -2.29. The van der Waals surface area contributed by atoms with Gasteiger partial charge in [0, 0.05) is 27.1 Å². The predicted octanol–water partition coefficient (Wildman–Crippen LogP) is 3.09. The van der Waals surface area contributed by atoms with Crippen LogP contribution in [-0.4, -0.2) is 16.7 Å². The Morgan fingerprint density at radius 2 is 1.65 bits per heavy atom. The van der Waals surface area contributed by atoms with Gasteiger partial charge in [-0.15, -0.1) is 0 Å². The SMILES string of the molecule is Cc1cc(I)ccc1NC(=O)C(=O)Nc1ccc([N+](=O)[O-])cc1. The van der Waals surface area contributed by atoms with Crippen molar-refractivity contribution in [3.8, 4) is 0 Å². The third kappa shape index (κ3) is 4.49. The number of benzene rings is 2. The molecule has 118 valence electrons. The molecule has 2 N–H and O–H groups in total. The van der Waals surface area contributed by atoms with Gasteiger partial charge in [-0.3, -0.25) is 19.7 Å². The third-order valence-electron chi connectivity index (χ3n) is 2.98. The zero-order chi connectivity index (χ0) is 17.0. The van der Waals surface area contributed by atoms with Crippen molar-refractivity contribution >= 4 is 51.5 Å². The molecule has 8 heteroatoms. The number of nitrogens with one attached hydrogen (secondary N) is 2. The minimum atomic E-state index is -0.850. The van der Waals surface area contributed by atoms with Gasteiger partial charge in [0.25, 0.3) is 5.69 Å². The molecule has 0 saturated carbocycles. The van der Waals surface area contributed by atoms with Gasteiger partial charge in [-0.05, 0) is 65.4 Å². The van der Waals surface area contributed by atoms with Crippen LogP contribution in [0.15, 0.2) is 42.5 Å². The minimum absolute atomic E-state index is 0.0954. The molecule has 0 heterocycles. The van der Waals surface area contributed by atoms with Crippen molar-refractivity contribution in [1.29, 1.82) is 0 Å². The smallest absolute Gasteiger partial charge is 0.314 e. The number of amides is 2. The highest BCUT2D eigenvalue weighted by molar-refractivity contribution is 14.1. The van der Waals surface area contributed by atoms with Gasteiger partial charge in [0.05, 0.1) is 4.92 Å². The van der Waals surface area contributed by atoms with E-state index in [-0.39, 0.29) is 5.69 Å². The number of rotatable bonds is 3. The first-order valence-electron chi connectivity index (χ1n) is 6.50. The van der Waals surface area contributed by atoms with Gasteiger partial charge in [-0.2, -0.15) is 0 Å². The second-order valence-corrected chi connectivity index (χ2v) is 5.92. The van der Waals surface area contributed by atoms with Crippen molar-refractivity contribution in [1.82, 2.24) is 0 Å². The van der Waals surface area contributed by atoms with Gasteiger partial charge in [-0.1, -0.05) is 0 Å². The summed E-state index contributed by atoms with van der Waals surface area (Å²) in [4.78, 5) is 33.8. The number of aryl methyl sites for hydroxylation is 1. The van der Waals surface area contributed by atoms with Crippen LogP contribution >= 0.6 is 22.6 Å². The summed E-state index contributed by atoms with van der Waals surface area (Å²) in [6.45, 7) is 1.83. The fourth-order valence-electron chi connectivity index (χ4n) is 1.80. The maximum atomic E-state index is 11.9. The van der Waals surface area contributed by atoms with Crippen LogP contribution in [0.5, 0.6) is 0 Å². The Hall–Kier alpha value is -2.49. The lowest BCUT2D eigenvalue weighted by atomic mass is 10.2. The van der Waals surface area contributed by atoms with Crippen LogP contribution in [0.1, 0.15) is 5.56 Å². The van der Waals surface area contributed by atoms with E-state index in [4.69, 9.17) is 0 Å². The van der Waals surface area contributed by atoms with Crippen LogP contribution in [-0.2, 0) is 9.59 Å². The molecular weight excluding hydrogens is 413 g/mol. The van der Waals surface area contributed by atoms with E-state index in [1.807, 2.05) is 19.1 Å². The molecule has 0 aliphatic heterocycles. The molecule has 0 spiro atoms. The monoisotopic (exact) mass is 425 g/mol. The Morgan fingerprint density at radius 1 is 1.04 bits per heavy atom. The van der Waals surface area contributed by atoms with Gasteiger partial charge in [0.15, 0.2) is 0 Å². The number of hydrogen-bond acceptors (Lipinski definition) is 4. The largest absolute Gasteiger partial charge is 0.318 e. The normalized spacial score (nSPS) is 10.0. The second kappa shape index (κ2) is 7.18. The Morgan fingerprint density at radius 3 is 2.22 bits per heavy atom. The van der Waals surface area contributed by atoms with Crippen LogP contribution in [0.3, 0.4) is 0 Å². The predicted molar refractivity (Wildman–Crippen MR) is 94.3 cm³/mol. The molecule has 0 unspecified atom stereocenters. The highest BCUT2D eigenvalue weighted by Gasteiger charge is 2.15. The van der Waals surface area contributed by atoms with Crippen molar-refractivity contribution in [3.05, 3.63) is 61.7 Å². The van der Waals surface area contributed by atoms with E-state index in [2.05, 4.69) is 33.2 Å². The molecule has 0 aliphatic rings. The Balaban J connectivity index is 2.02. The lowest BCUT2D eigenvalue weighted by Gasteiger charge is -2.09. The fraction of sp³-hybridized carbons (Fsp3) is 0.0667. The summed E-state index contributed by atoms with van der Waals surface area (Å²) in [6, 6.07) is 10.6.